The Morgan fingerprint density at radius 1 is 1.44 bits per heavy atom. The van der Waals surface area contributed by atoms with Gasteiger partial charge in [0.1, 0.15) is 0 Å². The second-order valence-electron chi connectivity index (χ2n) is 4.99. The molecular formula is C13H18ClNO3. The van der Waals surface area contributed by atoms with Gasteiger partial charge in [-0.05, 0) is 30.0 Å². The van der Waals surface area contributed by atoms with Crippen LogP contribution >= 0.6 is 11.6 Å². The molecule has 5 heteroatoms. The molecule has 100 valence electrons. The van der Waals surface area contributed by atoms with E-state index in [4.69, 9.17) is 21.8 Å². The third-order valence-electron chi connectivity index (χ3n) is 2.76. The summed E-state index contributed by atoms with van der Waals surface area (Å²) in [5.41, 5.74) is 0.816. The Balaban J connectivity index is 2.71. The minimum absolute atomic E-state index is 0.0520. The standard InChI is InChI=1S/C13H18ClNO3/c1-13(2,5-6-16)8-15-11-4-3-9(12(17)18)7-10(11)14/h3-4,7,15-16H,5-6,8H2,1-2H3,(H,17,18). The Morgan fingerprint density at radius 2 is 2.11 bits per heavy atom. The van der Waals surface area contributed by atoms with Crippen LogP contribution in [0.3, 0.4) is 0 Å². The van der Waals surface area contributed by atoms with Gasteiger partial charge in [-0.2, -0.15) is 0 Å². The number of hydrogen-bond acceptors (Lipinski definition) is 3. The van der Waals surface area contributed by atoms with Gasteiger partial charge in [0.05, 0.1) is 16.3 Å². The Kier molecular flexibility index (Phi) is 4.99. The minimum Gasteiger partial charge on any atom is -0.478 e. The normalized spacial score (nSPS) is 11.3. The largest absolute Gasteiger partial charge is 0.478 e. The van der Waals surface area contributed by atoms with Crippen LogP contribution in [0.1, 0.15) is 30.6 Å². The summed E-state index contributed by atoms with van der Waals surface area (Å²) in [7, 11) is 0. The molecule has 0 atom stereocenters. The number of anilines is 1. The van der Waals surface area contributed by atoms with Crippen LogP contribution in [0.25, 0.3) is 0 Å². The number of carboxylic acids is 1. The van der Waals surface area contributed by atoms with Crippen molar-refractivity contribution >= 4 is 23.3 Å². The van der Waals surface area contributed by atoms with Crippen LogP contribution in [0.15, 0.2) is 18.2 Å². The van der Waals surface area contributed by atoms with Crippen molar-refractivity contribution in [2.75, 3.05) is 18.5 Å². The molecule has 0 radical (unpaired) electrons. The van der Waals surface area contributed by atoms with Crippen LogP contribution < -0.4 is 5.32 Å². The summed E-state index contributed by atoms with van der Waals surface area (Å²) in [6.07, 6.45) is 0.685. The summed E-state index contributed by atoms with van der Waals surface area (Å²) in [6, 6.07) is 4.58. The fourth-order valence-electron chi connectivity index (χ4n) is 1.52. The van der Waals surface area contributed by atoms with Crippen molar-refractivity contribution in [3.05, 3.63) is 28.8 Å². The molecule has 0 amide bonds. The molecule has 18 heavy (non-hydrogen) atoms. The van der Waals surface area contributed by atoms with Gasteiger partial charge in [0.25, 0.3) is 0 Å². The highest BCUT2D eigenvalue weighted by Gasteiger charge is 2.17. The number of aliphatic hydroxyl groups excluding tert-OH is 1. The summed E-state index contributed by atoms with van der Waals surface area (Å²) < 4.78 is 0. The number of hydrogen-bond donors (Lipinski definition) is 3. The Hall–Kier alpha value is -1.26. The van der Waals surface area contributed by atoms with E-state index in [1.807, 2.05) is 13.8 Å². The van der Waals surface area contributed by atoms with E-state index >= 15 is 0 Å². The van der Waals surface area contributed by atoms with E-state index in [0.717, 1.165) is 0 Å². The van der Waals surface area contributed by atoms with Gasteiger partial charge in [-0.25, -0.2) is 4.79 Å². The molecule has 0 saturated carbocycles. The minimum atomic E-state index is -0.996. The Morgan fingerprint density at radius 3 is 2.61 bits per heavy atom. The Labute approximate surface area is 112 Å². The molecular weight excluding hydrogens is 254 g/mol. The quantitative estimate of drug-likeness (QED) is 0.744. The van der Waals surface area contributed by atoms with E-state index in [1.54, 1.807) is 6.07 Å². The number of nitrogens with one attached hydrogen (secondary N) is 1. The van der Waals surface area contributed by atoms with Gasteiger partial charge in [0.2, 0.25) is 0 Å². The van der Waals surface area contributed by atoms with Crippen LogP contribution in [-0.4, -0.2) is 29.3 Å². The lowest BCUT2D eigenvalue weighted by molar-refractivity contribution is 0.0697. The highest BCUT2D eigenvalue weighted by atomic mass is 35.5. The zero-order valence-corrected chi connectivity index (χ0v) is 11.3. The number of aromatic carboxylic acids is 1. The van der Waals surface area contributed by atoms with Crippen molar-refractivity contribution in [2.24, 2.45) is 5.41 Å². The molecule has 0 spiro atoms. The molecule has 0 aliphatic rings. The highest BCUT2D eigenvalue weighted by Crippen LogP contribution is 2.26. The molecule has 1 aromatic carbocycles. The molecule has 3 N–H and O–H groups in total. The number of halogens is 1. The lowest BCUT2D eigenvalue weighted by Gasteiger charge is -2.24. The van der Waals surface area contributed by atoms with Gasteiger partial charge < -0.3 is 15.5 Å². The maximum Gasteiger partial charge on any atom is 0.335 e. The van der Waals surface area contributed by atoms with Crippen LogP contribution in [0.2, 0.25) is 5.02 Å². The van der Waals surface area contributed by atoms with Gasteiger partial charge in [0.15, 0.2) is 0 Å². The van der Waals surface area contributed by atoms with Crippen LogP contribution in [0.4, 0.5) is 5.69 Å². The van der Waals surface area contributed by atoms with Crippen molar-refractivity contribution in [3.63, 3.8) is 0 Å². The first kappa shape index (κ1) is 14.8. The summed E-state index contributed by atoms with van der Waals surface area (Å²) in [6.45, 7) is 4.87. The van der Waals surface area contributed by atoms with E-state index < -0.39 is 5.97 Å². The first-order valence-electron chi connectivity index (χ1n) is 5.73. The van der Waals surface area contributed by atoms with E-state index in [1.165, 1.54) is 12.1 Å². The molecule has 1 rings (SSSR count). The summed E-state index contributed by atoms with van der Waals surface area (Å²) >= 11 is 6.00. The molecule has 1 aromatic rings. The average Bonchev–Trinajstić information content (AvgIpc) is 2.27. The molecule has 0 unspecified atom stereocenters. The fraction of sp³-hybridized carbons (Fsp3) is 0.462. The molecule has 0 bridgehead atoms. The molecule has 0 aliphatic carbocycles. The summed E-state index contributed by atoms with van der Waals surface area (Å²) in [5, 5.41) is 21.3. The number of aliphatic hydroxyl groups is 1. The van der Waals surface area contributed by atoms with Crippen molar-refractivity contribution in [1.82, 2.24) is 0 Å². The molecule has 4 nitrogen and oxygen atoms in total. The molecule has 0 aliphatic heterocycles. The third kappa shape index (κ3) is 4.20. The second-order valence-corrected chi connectivity index (χ2v) is 5.40. The SMILES string of the molecule is CC(C)(CCO)CNc1ccc(C(=O)O)cc1Cl. The van der Waals surface area contributed by atoms with E-state index in [9.17, 15) is 4.79 Å². The smallest absolute Gasteiger partial charge is 0.335 e. The average molecular weight is 272 g/mol. The van der Waals surface area contributed by atoms with Crippen molar-refractivity contribution in [3.8, 4) is 0 Å². The summed E-state index contributed by atoms with van der Waals surface area (Å²) in [4.78, 5) is 10.8. The van der Waals surface area contributed by atoms with E-state index in [2.05, 4.69) is 5.32 Å². The lowest BCUT2D eigenvalue weighted by atomic mass is 9.89. The Bertz CT molecular complexity index is 432. The number of carbonyl (C=O) groups is 1. The summed E-state index contributed by atoms with van der Waals surface area (Å²) in [5.74, 6) is -0.996. The van der Waals surface area contributed by atoms with Crippen molar-refractivity contribution in [2.45, 2.75) is 20.3 Å². The van der Waals surface area contributed by atoms with Gasteiger partial charge in [-0.3, -0.25) is 0 Å². The molecule has 0 saturated heterocycles. The predicted octanol–water partition coefficient (Wildman–Crippen LogP) is 2.86. The van der Waals surface area contributed by atoms with Gasteiger partial charge in [-0.15, -0.1) is 0 Å². The first-order valence-corrected chi connectivity index (χ1v) is 6.11. The van der Waals surface area contributed by atoms with Crippen molar-refractivity contribution < 1.29 is 15.0 Å². The topological polar surface area (TPSA) is 69.6 Å². The van der Waals surface area contributed by atoms with Crippen LogP contribution in [0.5, 0.6) is 0 Å². The molecule has 0 heterocycles. The maximum atomic E-state index is 10.8. The maximum absolute atomic E-state index is 10.8. The molecule has 0 fully saturated rings. The first-order chi connectivity index (χ1) is 8.35. The van der Waals surface area contributed by atoms with E-state index in [-0.39, 0.29) is 17.6 Å². The fourth-order valence-corrected chi connectivity index (χ4v) is 1.76. The van der Waals surface area contributed by atoms with E-state index in [0.29, 0.717) is 23.7 Å². The molecule has 0 aromatic heterocycles. The monoisotopic (exact) mass is 271 g/mol. The third-order valence-corrected chi connectivity index (χ3v) is 3.07. The van der Waals surface area contributed by atoms with Crippen LogP contribution in [0, 0.1) is 5.41 Å². The second kappa shape index (κ2) is 6.07. The lowest BCUT2D eigenvalue weighted by Crippen LogP contribution is -2.24. The number of benzene rings is 1. The van der Waals surface area contributed by atoms with Crippen molar-refractivity contribution in [1.29, 1.82) is 0 Å². The number of carboxylic acid groups (broad SMARTS) is 1. The highest BCUT2D eigenvalue weighted by molar-refractivity contribution is 6.33. The van der Waals surface area contributed by atoms with Gasteiger partial charge in [-0.1, -0.05) is 25.4 Å². The van der Waals surface area contributed by atoms with Gasteiger partial charge >= 0.3 is 5.97 Å². The predicted molar refractivity (Wildman–Crippen MR) is 72.4 cm³/mol. The zero-order chi connectivity index (χ0) is 13.8. The van der Waals surface area contributed by atoms with Crippen LogP contribution in [-0.2, 0) is 0 Å². The number of rotatable bonds is 6. The zero-order valence-electron chi connectivity index (χ0n) is 10.5. The van der Waals surface area contributed by atoms with Gasteiger partial charge in [0, 0.05) is 13.2 Å².